The third-order valence-electron chi connectivity index (χ3n) is 2.70. The van der Waals surface area contributed by atoms with Crippen LogP contribution in [0.3, 0.4) is 0 Å². The van der Waals surface area contributed by atoms with E-state index in [1.807, 2.05) is 6.92 Å². The first-order chi connectivity index (χ1) is 9.04. The molecule has 0 fully saturated rings. The molecule has 1 aromatic heterocycles. The molecule has 0 aliphatic carbocycles. The number of hydrogen-bond acceptors (Lipinski definition) is 3. The number of aliphatic hydroxyl groups is 1. The maximum absolute atomic E-state index is 12.3. The zero-order valence-electron chi connectivity index (χ0n) is 10.5. The Morgan fingerprint density at radius 3 is 2.53 bits per heavy atom. The molecule has 19 heavy (non-hydrogen) atoms. The SMILES string of the molecule is Cc1ccc(S(=O)(=O)n2ccc(C=CCO)c2)cc1. The minimum Gasteiger partial charge on any atom is -0.392 e. The molecule has 2 aromatic rings. The van der Waals surface area contributed by atoms with Crippen LogP contribution in [0, 0.1) is 6.92 Å². The average Bonchev–Trinajstić information content (AvgIpc) is 2.86. The highest BCUT2D eigenvalue weighted by atomic mass is 32.2. The van der Waals surface area contributed by atoms with Crippen LogP contribution in [0.5, 0.6) is 0 Å². The number of hydrogen-bond donors (Lipinski definition) is 1. The maximum Gasteiger partial charge on any atom is 0.267 e. The summed E-state index contributed by atoms with van der Waals surface area (Å²) in [4.78, 5) is 0.256. The van der Waals surface area contributed by atoms with Crippen LogP contribution in [0.1, 0.15) is 11.1 Å². The lowest BCUT2D eigenvalue weighted by molar-refractivity contribution is 0.343. The molecule has 0 atom stereocenters. The summed E-state index contributed by atoms with van der Waals surface area (Å²) in [5.41, 5.74) is 1.74. The van der Waals surface area contributed by atoms with E-state index in [4.69, 9.17) is 5.11 Å². The molecule has 0 unspecified atom stereocenters. The van der Waals surface area contributed by atoms with Gasteiger partial charge in [-0.15, -0.1) is 0 Å². The van der Waals surface area contributed by atoms with Gasteiger partial charge in [-0.2, -0.15) is 0 Å². The van der Waals surface area contributed by atoms with Gasteiger partial charge in [0.1, 0.15) is 0 Å². The van der Waals surface area contributed by atoms with Crippen molar-refractivity contribution in [1.29, 1.82) is 0 Å². The second-order valence-corrected chi connectivity index (χ2v) is 6.02. The summed E-state index contributed by atoms with van der Waals surface area (Å²) >= 11 is 0. The summed E-state index contributed by atoms with van der Waals surface area (Å²) in [5, 5.41) is 8.69. The van der Waals surface area contributed by atoms with Crippen molar-refractivity contribution in [1.82, 2.24) is 3.97 Å². The van der Waals surface area contributed by atoms with Crippen LogP contribution in [0.2, 0.25) is 0 Å². The number of aliphatic hydroxyl groups excluding tert-OH is 1. The van der Waals surface area contributed by atoms with Gasteiger partial charge in [-0.1, -0.05) is 29.8 Å². The fourth-order valence-electron chi connectivity index (χ4n) is 1.66. The Balaban J connectivity index is 2.37. The van der Waals surface area contributed by atoms with Crippen molar-refractivity contribution in [3.8, 4) is 0 Å². The van der Waals surface area contributed by atoms with E-state index in [2.05, 4.69) is 0 Å². The Morgan fingerprint density at radius 1 is 1.21 bits per heavy atom. The molecule has 0 saturated heterocycles. The van der Waals surface area contributed by atoms with Gasteiger partial charge in [0.05, 0.1) is 11.5 Å². The highest BCUT2D eigenvalue weighted by Crippen LogP contribution is 2.16. The fraction of sp³-hybridized carbons (Fsp3) is 0.143. The predicted octanol–water partition coefficient (Wildman–Crippen LogP) is 2.04. The number of nitrogens with zero attached hydrogens (tertiary/aromatic N) is 1. The van der Waals surface area contributed by atoms with Crippen molar-refractivity contribution >= 4 is 16.1 Å². The van der Waals surface area contributed by atoms with Gasteiger partial charge in [-0.25, -0.2) is 12.4 Å². The Labute approximate surface area is 112 Å². The molecular formula is C14H15NO3S. The van der Waals surface area contributed by atoms with Crippen molar-refractivity contribution in [3.63, 3.8) is 0 Å². The zero-order chi connectivity index (χ0) is 13.9. The Kier molecular flexibility index (Phi) is 3.87. The molecule has 2 rings (SSSR count). The van der Waals surface area contributed by atoms with E-state index in [1.165, 1.54) is 16.4 Å². The van der Waals surface area contributed by atoms with Gasteiger partial charge in [0.15, 0.2) is 0 Å². The van der Waals surface area contributed by atoms with Gasteiger partial charge < -0.3 is 5.11 Å². The van der Waals surface area contributed by atoms with Crippen LogP contribution < -0.4 is 0 Å². The van der Waals surface area contributed by atoms with Gasteiger partial charge in [0, 0.05) is 12.4 Å². The fourth-order valence-corrected chi connectivity index (χ4v) is 2.87. The second-order valence-electron chi connectivity index (χ2n) is 4.18. The number of rotatable bonds is 4. The lowest BCUT2D eigenvalue weighted by Crippen LogP contribution is -2.10. The number of benzene rings is 1. The summed E-state index contributed by atoms with van der Waals surface area (Å²) in [6.07, 6.45) is 6.23. The van der Waals surface area contributed by atoms with Crippen molar-refractivity contribution in [2.75, 3.05) is 6.61 Å². The van der Waals surface area contributed by atoms with E-state index in [9.17, 15) is 8.42 Å². The molecule has 0 bridgehead atoms. The van der Waals surface area contributed by atoms with Crippen molar-refractivity contribution in [3.05, 3.63) is 59.9 Å². The van der Waals surface area contributed by atoms with Crippen molar-refractivity contribution < 1.29 is 13.5 Å². The van der Waals surface area contributed by atoms with E-state index in [0.717, 1.165) is 11.1 Å². The minimum atomic E-state index is -3.54. The topological polar surface area (TPSA) is 59.3 Å². The largest absolute Gasteiger partial charge is 0.392 e. The summed E-state index contributed by atoms with van der Waals surface area (Å²) < 4.78 is 25.8. The van der Waals surface area contributed by atoms with Gasteiger partial charge in [0.25, 0.3) is 10.0 Å². The first kappa shape index (κ1) is 13.6. The van der Waals surface area contributed by atoms with Crippen LogP contribution >= 0.6 is 0 Å². The van der Waals surface area contributed by atoms with E-state index >= 15 is 0 Å². The molecule has 0 spiro atoms. The minimum absolute atomic E-state index is 0.0735. The molecular weight excluding hydrogens is 262 g/mol. The molecule has 4 nitrogen and oxygen atoms in total. The van der Waals surface area contributed by atoms with Crippen LogP contribution in [-0.4, -0.2) is 24.1 Å². The molecule has 1 N–H and O–H groups in total. The third-order valence-corrected chi connectivity index (χ3v) is 4.35. The first-order valence-electron chi connectivity index (χ1n) is 5.81. The number of aromatic nitrogens is 1. The summed E-state index contributed by atoms with van der Waals surface area (Å²) in [6, 6.07) is 8.39. The molecule has 100 valence electrons. The monoisotopic (exact) mass is 277 g/mol. The van der Waals surface area contributed by atoms with Gasteiger partial charge >= 0.3 is 0 Å². The predicted molar refractivity (Wildman–Crippen MR) is 74.3 cm³/mol. The van der Waals surface area contributed by atoms with Crippen LogP contribution in [-0.2, 0) is 10.0 Å². The molecule has 0 radical (unpaired) electrons. The lowest BCUT2D eigenvalue weighted by Gasteiger charge is -2.05. The van der Waals surface area contributed by atoms with Crippen molar-refractivity contribution in [2.24, 2.45) is 0 Å². The molecule has 1 heterocycles. The first-order valence-corrected chi connectivity index (χ1v) is 7.26. The Hall–Kier alpha value is -1.85. The van der Waals surface area contributed by atoms with Gasteiger partial charge in [-0.05, 0) is 30.7 Å². The molecule has 0 aliphatic rings. The highest BCUT2D eigenvalue weighted by Gasteiger charge is 2.15. The molecule has 0 aliphatic heterocycles. The smallest absolute Gasteiger partial charge is 0.267 e. The average molecular weight is 277 g/mol. The Bertz CT molecular complexity index is 682. The van der Waals surface area contributed by atoms with Gasteiger partial charge in [0.2, 0.25) is 0 Å². The summed E-state index contributed by atoms with van der Waals surface area (Å²) in [5.74, 6) is 0. The normalized spacial score (nSPS) is 12.1. The zero-order valence-corrected chi connectivity index (χ0v) is 11.3. The van der Waals surface area contributed by atoms with Gasteiger partial charge in [-0.3, -0.25) is 0 Å². The van der Waals surface area contributed by atoms with E-state index < -0.39 is 10.0 Å². The molecule has 0 amide bonds. The third kappa shape index (κ3) is 2.94. The maximum atomic E-state index is 12.3. The van der Waals surface area contributed by atoms with Crippen LogP contribution in [0.25, 0.3) is 6.08 Å². The second kappa shape index (κ2) is 5.42. The molecule has 0 saturated carbocycles. The Morgan fingerprint density at radius 2 is 1.89 bits per heavy atom. The lowest BCUT2D eigenvalue weighted by atomic mass is 10.2. The van der Waals surface area contributed by atoms with Crippen LogP contribution in [0.4, 0.5) is 0 Å². The molecule has 5 heteroatoms. The van der Waals surface area contributed by atoms with E-state index in [-0.39, 0.29) is 11.5 Å². The number of aryl methyl sites for hydroxylation is 1. The van der Waals surface area contributed by atoms with Crippen molar-refractivity contribution in [2.45, 2.75) is 11.8 Å². The van der Waals surface area contributed by atoms with E-state index in [0.29, 0.717) is 0 Å². The standard InChI is InChI=1S/C14H15NO3S/c1-12-4-6-14(7-5-12)19(17,18)15-9-8-13(11-15)3-2-10-16/h2-9,11,16H,10H2,1H3. The molecule has 1 aromatic carbocycles. The van der Waals surface area contributed by atoms with E-state index in [1.54, 1.807) is 42.5 Å². The summed E-state index contributed by atoms with van der Waals surface area (Å²) in [6.45, 7) is 1.83. The van der Waals surface area contributed by atoms with Crippen LogP contribution in [0.15, 0.2) is 53.7 Å². The quantitative estimate of drug-likeness (QED) is 0.930. The summed E-state index contributed by atoms with van der Waals surface area (Å²) in [7, 11) is -3.54. The highest BCUT2D eigenvalue weighted by molar-refractivity contribution is 7.90.